The SMILES string of the molecule is CCCCCCCCCOc1ccc(N=Nc2ccc(C(=O)OC)cc2)cc1. The predicted molar refractivity (Wildman–Crippen MR) is 112 cm³/mol. The summed E-state index contributed by atoms with van der Waals surface area (Å²) in [7, 11) is 1.36. The van der Waals surface area contributed by atoms with Crippen LogP contribution >= 0.6 is 0 Å². The van der Waals surface area contributed by atoms with Gasteiger partial charge in [0.2, 0.25) is 0 Å². The molecule has 0 saturated carbocycles. The van der Waals surface area contributed by atoms with Crippen LogP contribution in [0.1, 0.15) is 62.2 Å². The van der Waals surface area contributed by atoms with Gasteiger partial charge in [0.05, 0.1) is 30.7 Å². The second-order valence-corrected chi connectivity index (χ2v) is 6.70. The van der Waals surface area contributed by atoms with E-state index in [9.17, 15) is 4.79 Å². The molecule has 0 heterocycles. The standard InChI is InChI=1S/C23H30N2O3/c1-3-4-5-6-7-8-9-18-28-22-16-14-21(15-17-22)25-24-20-12-10-19(11-13-20)23(26)27-2/h10-17H,3-9,18H2,1-2H3. The van der Waals surface area contributed by atoms with E-state index in [4.69, 9.17) is 4.74 Å². The van der Waals surface area contributed by atoms with E-state index >= 15 is 0 Å². The molecule has 150 valence electrons. The van der Waals surface area contributed by atoms with Gasteiger partial charge in [-0.3, -0.25) is 0 Å². The molecule has 2 aromatic rings. The van der Waals surface area contributed by atoms with Crippen molar-refractivity contribution in [2.24, 2.45) is 10.2 Å². The fourth-order valence-corrected chi connectivity index (χ4v) is 2.76. The Morgan fingerprint density at radius 1 is 0.786 bits per heavy atom. The molecule has 0 bridgehead atoms. The molecule has 2 aromatic carbocycles. The number of benzene rings is 2. The highest BCUT2D eigenvalue weighted by Gasteiger charge is 2.03. The number of carbonyl (C=O) groups is 1. The zero-order chi connectivity index (χ0) is 20.0. The van der Waals surface area contributed by atoms with Gasteiger partial charge in [-0.25, -0.2) is 4.79 Å². The van der Waals surface area contributed by atoms with Gasteiger partial charge in [-0.15, -0.1) is 0 Å². The van der Waals surface area contributed by atoms with Gasteiger partial charge < -0.3 is 9.47 Å². The molecule has 0 aliphatic rings. The number of nitrogens with zero attached hydrogens (tertiary/aromatic N) is 2. The smallest absolute Gasteiger partial charge is 0.337 e. The third kappa shape index (κ3) is 7.91. The molecule has 0 unspecified atom stereocenters. The maximum Gasteiger partial charge on any atom is 0.337 e. The second-order valence-electron chi connectivity index (χ2n) is 6.70. The molecule has 2 rings (SSSR count). The summed E-state index contributed by atoms with van der Waals surface area (Å²) in [5, 5.41) is 8.39. The van der Waals surface area contributed by atoms with Gasteiger partial charge in [-0.2, -0.15) is 10.2 Å². The number of hydrogen-bond donors (Lipinski definition) is 0. The molecule has 0 aliphatic heterocycles. The quantitative estimate of drug-likeness (QED) is 0.225. The average Bonchev–Trinajstić information content (AvgIpc) is 2.75. The lowest BCUT2D eigenvalue weighted by Gasteiger charge is -2.06. The minimum atomic E-state index is -0.365. The van der Waals surface area contributed by atoms with Crippen LogP contribution in [-0.2, 0) is 4.74 Å². The zero-order valence-electron chi connectivity index (χ0n) is 16.9. The minimum Gasteiger partial charge on any atom is -0.494 e. The van der Waals surface area contributed by atoms with Crippen molar-refractivity contribution in [3.8, 4) is 5.75 Å². The van der Waals surface area contributed by atoms with Crippen LogP contribution in [0.5, 0.6) is 5.75 Å². The van der Waals surface area contributed by atoms with Gasteiger partial charge in [-0.05, 0) is 55.0 Å². The van der Waals surface area contributed by atoms with Crippen LogP contribution in [0.15, 0.2) is 58.8 Å². The lowest BCUT2D eigenvalue weighted by molar-refractivity contribution is 0.0601. The lowest BCUT2D eigenvalue weighted by atomic mass is 10.1. The first-order valence-electron chi connectivity index (χ1n) is 10.1. The van der Waals surface area contributed by atoms with Crippen molar-refractivity contribution in [2.45, 2.75) is 51.9 Å². The highest BCUT2D eigenvalue weighted by Crippen LogP contribution is 2.22. The number of rotatable bonds is 12. The summed E-state index contributed by atoms with van der Waals surface area (Å²) in [5.74, 6) is 0.489. The second kappa shape index (κ2) is 12.7. The first-order chi connectivity index (χ1) is 13.7. The molecule has 0 N–H and O–H groups in total. The molecule has 0 aliphatic carbocycles. The van der Waals surface area contributed by atoms with Crippen LogP contribution in [0.4, 0.5) is 11.4 Å². The largest absolute Gasteiger partial charge is 0.494 e. The number of unbranched alkanes of at least 4 members (excludes halogenated alkanes) is 6. The van der Waals surface area contributed by atoms with Crippen molar-refractivity contribution < 1.29 is 14.3 Å². The Balaban J connectivity index is 1.72. The Labute approximate surface area is 167 Å². The Morgan fingerprint density at radius 3 is 1.89 bits per heavy atom. The van der Waals surface area contributed by atoms with Crippen LogP contribution < -0.4 is 4.74 Å². The molecular formula is C23H30N2O3. The number of hydrogen-bond acceptors (Lipinski definition) is 5. The molecule has 0 amide bonds. The summed E-state index contributed by atoms with van der Waals surface area (Å²) in [6, 6.07) is 14.4. The molecule has 0 spiro atoms. The van der Waals surface area contributed by atoms with Crippen LogP contribution in [0.2, 0.25) is 0 Å². The molecule has 0 aromatic heterocycles. The van der Waals surface area contributed by atoms with Gasteiger partial charge in [0.1, 0.15) is 5.75 Å². The monoisotopic (exact) mass is 382 g/mol. The number of ether oxygens (including phenoxy) is 2. The molecule has 5 heteroatoms. The fourth-order valence-electron chi connectivity index (χ4n) is 2.76. The molecule has 0 atom stereocenters. The molecule has 28 heavy (non-hydrogen) atoms. The van der Waals surface area contributed by atoms with E-state index in [1.54, 1.807) is 24.3 Å². The average molecular weight is 383 g/mol. The van der Waals surface area contributed by atoms with Gasteiger partial charge in [-0.1, -0.05) is 45.4 Å². The molecular weight excluding hydrogens is 352 g/mol. The summed E-state index contributed by atoms with van der Waals surface area (Å²) in [6.07, 6.45) is 8.93. The molecule has 0 radical (unpaired) electrons. The topological polar surface area (TPSA) is 60.2 Å². The first kappa shape index (κ1) is 21.6. The number of esters is 1. The Kier molecular flexibility index (Phi) is 9.76. The zero-order valence-corrected chi connectivity index (χ0v) is 16.9. The molecule has 5 nitrogen and oxygen atoms in total. The summed E-state index contributed by atoms with van der Waals surface area (Å²) in [4.78, 5) is 11.4. The third-order valence-electron chi connectivity index (χ3n) is 4.42. The highest BCUT2D eigenvalue weighted by atomic mass is 16.5. The van der Waals surface area contributed by atoms with Crippen LogP contribution in [-0.4, -0.2) is 19.7 Å². The van der Waals surface area contributed by atoms with Crippen molar-refractivity contribution in [1.82, 2.24) is 0 Å². The maximum absolute atomic E-state index is 11.4. The van der Waals surface area contributed by atoms with Crippen LogP contribution in [0.3, 0.4) is 0 Å². The normalized spacial score (nSPS) is 10.9. The summed E-state index contributed by atoms with van der Waals surface area (Å²) < 4.78 is 10.5. The van der Waals surface area contributed by atoms with Crippen molar-refractivity contribution in [3.05, 3.63) is 54.1 Å². The maximum atomic E-state index is 11.4. The summed E-state index contributed by atoms with van der Waals surface area (Å²) in [5.41, 5.74) is 1.91. The van der Waals surface area contributed by atoms with Gasteiger partial charge in [0, 0.05) is 0 Å². The Morgan fingerprint density at radius 2 is 1.32 bits per heavy atom. The van der Waals surface area contributed by atoms with E-state index in [0.29, 0.717) is 11.3 Å². The van der Waals surface area contributed by atoms with E-state index in [-0.39, 0.29) is 5.97 Å². The van der Waals surface area contributed by atoms with E-state index in [0.717, 1.165) is 24.5 Å². The summed E-state index contributed by atoms with van der Waals surface area (Å²) in [6.45, 7) is 2.99. The van der Waals surface area contributed by atoms with Gasteiger partial charge >= 0.3 is 5.97 Å². The van der Waals surface area contributed by atoms with E-state index in [2.05, 4.69) is 21.9 Å². The van der Waals surface area contributed by atoms with Crippen molar-refractivity contribution in [1.29, 1.82) is 0 Å². The first-order valence-corrected chi connectivity index (χ1v) is 10.1. The van der Waals surface area contributed by atoms with Crippen LogP contribution in [0.25, 0.3) is 0 Å². The predicted octanol–water partition coefficient (Wildman–Crippen LogP) is 7.02. The third-order valence-corrected chi connectivity index (χ3v) is 4.42. The Bertz CT molecular complexity index is 725. The van der Waals surface area contributed by atoms with Crippen molar-refractivity contribution in [3.63, 3.8) is 0 Å². The lowest BCUT2D eigenvalue weighted by Crippen LogP contribution is -1.99. The van der Waals surface area contributed by atoms with E-state index in [1.807, 2.05) is 24.3 Å². The minimum absolute atomic E-state index is 0.365. The number of methoxy groups -OCH3 is 1. The fraction of sp³-hybridized carbons (Fsp3) is 0.435. The van der Waals surface area contributed by atoms with E-state index < -0.39 is 0 Å². The molecule has 0 fully saturated rings. The van der Waals surface area contributed by atoms with Crippen molar-refractivity contribution in [2.75, 3.05) is 13.7 Å². The van der Waals surface area contributed by atoms with Gasteiger partial charge in [0.25, 0.3) is 0 Å². The Hall–Kier alpha value is -2.69. The van der Waals surface area contributed by atoms with Crippen molar-refractivity contribution >= 4 is 17.3 Å². The van der Waals surface area contributed by atoms with E-state index in [1.165, 1.54) is 45.6 Å². The number of carbonyl (C=O) groups excluding carboxylic acids is 1. The number of azo groups is 1. The highest BCUT2D eigenvalue weighted by molar-refractivity contribution is 5.89. The summed E-state index contributed by atoms with van der Waals surface area (Å²) >= 11 is 0. The molecule has 0 saturated heterocycles. The van der Waals surface area contributed by atoms with Gasteiger partial charge in [0.15, 0.2) is 0 Å². The van der Waals surface area contributed by atoms with Crippen LogP contribution in [0, 0.1) is 0 Å².